The predicted octanol–water partition coefficient (Wildman–Crippen LogP) is 3.40. The van der Waals surface area contributed by atoms with Crippen molar-refractivity contribution in [3.05, 3.63) is 59.1 Å². The number of hydrogen-bond donors (Lipinski definition) is 1. The summed E-state index contributed by atoms with van der Waals surface area (Å²) in [5.41, 5.74) is 2.39. The topological polar surface area (TPSA) is 49.4 Å². The molecule has 2 aromatic rings. The molecule has 0 spiro atoms. The Morgan fingerprint density at radius 1 is 0.920 bits per heavy atom. The second-order valence-corrected chi connectivity index (χ2v) is 6.65. The average molecular weight is 357 g/mol. The second kappa shape index (κ2) is 8.28. The summed E-state index contributed by atoms with van der Waals surface area (Å²) in [5.74, 6) is -1.04. The van der Waals surface area contributed by atoms with Gasteiger partial charge in [-0.05, 0) is 49.2 Å². The molecule has 1 heterocycles. The molecule has 1 saturated heterocycles. The van der Waals surface area contributed by atoms with Gasteiger partial charge in [0.25, 0.3) is 5.91 Å². The van der Waals surface area contributed by atoms with Gasteiger partial charge < -0.3 is 10.2 Å². The molecule has 1 N–H and O–H groups in total. The summed E-state index contributed by atoms with van der Waals surface area (Å²) in [6, 6.07) is 14.5. The van der Waals surface area contributed by atoms with Gasteiger partial charge in [-0.3, -0.25) is 9.59 Å². The van der Waals surface area contributed by atoms with Crippen LogP contribution in [0.2, 0.25) is 5.02 Å². The van der Waals surface area contributed by atoms with E-state index in [1.54, 1.807) is 12.1 Å². The van der Waals surface area contributed by atoms with Gasteiger partial charge in [-0.15, -0.1) is 0 Å². The minimum Gasteiger partial charge on any atom is -0.348 e. The van der Waals surface area contributed by atoms with Crippen molar-refractivity contribution in [1.82, 2.24) is 10.2 Å². The van der Waals surface area contributed by atoms with Crippen LogP contribution in [0.5, 0.6) is 0 Å². The van der Waals surface area contributed by atoms with Crippen molar-refractivity contribution in [3.63, 3.8) is 0 Å². The molecule has 0 saturated carbocycles. The zero-order chi connectivity index (χ0) is 17.6. The lowest BCUT2D eigenvalue weighted by Gasteiger charge is -2.14. The van der Waals surface area contributed by atoms with Crippen molar-refractivity contribution in [2.24, 2.45) is 0 Å². The third-order valence-corrected chi connectivity index (χ3v) is 4.70. The first-order valence-electron chi connectivity index (χ1n) is 8.54. The lowest BCUT2D eigenvalue weighted by molar-refractivity contribution is -0.117. The zero-order valence-corrected chi connectivity index (χ0v) is 14.8. The molecule has 1 aliphatic rings. The molecular weight excluding hydrogens is 336 g/mol. The van der Waals surface area contributed by atoms with Crippen molar-refractivity contribution in [2.75, 3.05) is 26.2 Å². The Bertz CT molecular complexity index is 735. The van der Waals surface area contributed by atoms with Gasteiger partial charge in [-0.25, -0.2) is 0 Å². The normalized spacial score (nSPS) is 14.4. The Hall–Kier alpha value is -2.17. The van der Waals surface area contributed by atoms with Crippen LogP contribution in [0.1, 0.15) is 23.2 Å². The Morgan fingerprint density at radius 3 is 2.08 bits per heavy atom. The maximum absolute atomic E-state index is 12.2. The van der Waals surface area contributed by atoms with E-state index in [1.807, 2.05) is 36.4 Å². The van der Waals surface area contributed by atoms with E-state index in [9.17, 15) is 9.59 Å². The first kappa shape index (κ1) is 17.6. The van der Waals surface area contributed by atoms with E-state index < -0.39 is 11.7 Å². The molecule has 5 heteroatoms. The molecule has 0 aromatic heterocycles. The number of carbonyl (C=O) groups excluding carboxylic acids is 2. The molecule has 0 aliphatic carbocycles. The fraction of sp³-hybridized carbons (Fsp3) is 0.300. The molecule has 1 fully saturated rings. The van der Waals surface area contributed by atoms with E-state index in [2.05, 4.69) is 10.2 Å². The molecule has 0 radical (unpaired) electrons. The highest BCUT2D eigenvalue weighted by molar-refractivity contribution is 6.42. The molecule has 0 unspecified atom stereocenters. The number of nitrogens with zero attached hydrogens (tertiary/aromatic N) is 1. The van der Waals surface area contributed by atoms with Gasteiger partial charge in [0.05, 0.1) is 0 Å². The van der Waals surface area contributed by atoms with Gasteiger partial charge in [0, 0.05) is 23.7 Å². The summed E-state index contributed by atoms with van der Waals surface area (Å²) in [5, 5.41) is 3.40. The number of Topliss-reactive ketones (excluding diaryl/α,β-unsaturated/α-hetero) is 1. The Balaban J connectivity index is 1.56. The lowest BCUT2D eigenvalue weighted by Crippen LogP contribution is -2.37. The van der Waals surface area contributed by atoms with Crippen molar-refractivity contribution in [3.8, 4) is 11.1 Å². The summed E-state index contributed by atoms with van der Waals surface area (Å²) in [6.45, 7) is 3.47. The average Bonchev–Trinajstić information content (AvgIpc) is 3.15. The highest BCUT2D eigenvalue weighted by atomic mass is 35.5. The monoisotopic (exact) mass is 356 g/mol. The van der Waals surface area contributed by atoms with E-state index >= 15 is 0 Å². The number of likely N-dealkylation sites (tertiary alicyclic amines) is 1. The van der Waals surface area contributed by atoms with Crippen LogP contribution in [0.25, 0.3) is 11.1 Å². The number of hydrogen-bond acceptors (Lipinski definition) is 3. The van der Waals surface area contributed by atoms with Gasteiger partial charge in [-0.1, -0.05) is 48.0 Å². The van der Waals surface area contributed by atoms with Crippen LogP contribution in [-0.2, 0) is 4.79 Å². The number of amides is 1. The van der Waals surface area contributed by atoms with Crippen LogP contribution in [0.15, 0.2) is 48.5 Å². The third kappa shape index (κ3) is 4.68. The molecule has 1 aliphatic heterocycles. The van der Waals surface area contributed by atoms with E-state index in [0.717, 1.165) is 30.8 Å². The van der Waals surface area contributed by atoms with Crippen LogP contribution in [0, 0.1) is 0 Å². The minimum absolute atomic E-state index is 0.399. The third-order valence-electron chi connectivity index (χ3n) is 4.44. The van der Waals surface area contributed by atoms with Crippen LogP contribution >= 0.6 is 11.6 Å². The molecule has 2 aromatic carbocycles. The zero-order valence-electron chi connectivity index (χ0n) is 14.0. The molecule has 0 atom stereocenters. The smallest absolute Gasteiger partial charge is 0.292 e. The summed E-state index contributed by atoms with van der Waals surface area (Å²) >= 11 is 5.89. The SMILES string of the molecule is O=C(NCCN1CCCC1)C(=O)c1ccc(-c2ccc(Cl)cc2)cc1. The van der Waals surface area contributed by atoms with Crippen molar-refractivity contribution >= 4 is 23.3 Å². The van der Waals surface area contributed by atoms with Crippen molar-refractivity contribution in [1.29, 1.82) is 0 Å². The summed E-state index contributed by atoms with van der Waals surface area (Å²) in [4.78, 5) is 26.5. The lowest BCUT2D eigenvalue weighted by atomic mass is 10.0. The number of nitrogens with one attached hydrogen (secondary N) is 1. The number of carbonyl (C=O) groups is 2. The molecule has 130 valence electrons. The summed E-state index contributed by atoms with van der Waals surface area (Å²) in [7, 11) is 0. The molecule has 25 heavy (non-hydrogen) atoms. The van der Waals surface area contributed by atoms with Crippen LogP contribution in [0.4, 0.5) is 0 Å². The molecular formula is C20H21ClN2O2. The van der Waals surface area contributed by atoms with E-state index in [0.29, 0.717) is 17.1 Å². The number of benzene rings is 2. The highest BCUT2D eigenvalue weighted by Crippen LogP contribution is 2.22. The fourth-order valence-corrected chi connectivity index (χ4v) is 3.13. The standard InChI is InChI=1S/C20H21ClN2O2/c21-18-9-7-16(8-10-18)15-3-5-17(6-4-15)19(24)20(25)22-11-14-23-12-1-2-13-23/h3-10H,1-2,11-14H2,(H,22,25). The maximum atomic E-state index is 12.2. The largest absolute Gasteiger partial charge is 0.348 e. The van der Waals surface area contributed by atoms with Gasteiger partial charge >= 0.3 is 0 Å². The Labute approximate surface area is 152 Å². The van der Waals surface area contributed by atoms with Gasteiger partial charge in [0.15, 0.2) is 0 Å². The fourth-order valence-electron chi connectivity index (χ4n) is 3.00. The van der Waals surface area contributed by atoms with E-state index in [1.165, 1.54) is 12.8 Å². The van der Waals surface area contributed by atoms with Gasteiger partial charge in [0.1, 0.15) is 0 Å². The first-order valence-corrected chi connectivity index (χ1v) is 8.92. The number of halogens is 1. The van der Waals surface area contributed by atoms with E-state index in [4.69, 9.17) is 11.6 Å². The summed E-state index contributed by atoms with van der Waals surface area (Å²) in [6.07, 6.45) is 2.43. The maximum Gasteiger partial charge on any atom is 0.292 e. The quantitative estimate of drug-likeness (QED) is 0.637. The summed E-state index contributed by atoms with van der Waals surface area (Å²) < 4.78 is 0. The van der Waals surface area contributed by atoms with Gasteiger partial charge in [0.2, 0.25) is 5.78 Å². The van der Waals surface area contributed by atoms with Crippen LogP contribution < -0.4 is 5.32 Å². The van der Waals surface area contributed by atoms with Crippen LogP contribution in [0.3, 0.4) is 0 Å². The molecule has 0 bridgehead atoms. The molecule has 3 rings (SSSR count). The number of rotatable bonds is 6. The van der Waals surface area contributed by atoms with Gasteiger partial charge in [-0.2, -0.15) is 0 Å². The van der Waals surface area contributed by atoms with Crippen molar-refractivity contribution in [2.45, 2.75) is 12.8 Å². The first-order chi connectivity index (χ1) is 12.1. The minimum atomic E-state index is -0.543. The van der Waals surface area contributed by atoms with E-state index in [-0.39, 0.29) is 0 Å². The highest BCUT2D eigenvalue weighted by Gasteiger charge is 2.17. The molecule has 1 amide bonds. The Morgan fingerprint density at radius 2 is 1.48 bits per heavy atom. The predicted molar refractivity (Wildman–Crippen MR) is 99.9 cm³/mol. The van der Waals surface area contributed by atoms with Crippen molar-refractivity contribution < 1.29 is 9.59 Å². The number of ketones is 1. The second-order valence-electron chi connectivity index (χ2n) is 6.22. The Kier molecular flexibility index (Phi) is 5.84. The van der Waals surface area contributed by atoms with Crippen LogP contribution in [-0.4, -0.2) is 42.8 Å². The molecule has 4 nitrogen and oxygen atoms in total.